The molecular weight excluding hydrogens is 680 g/mol. The van der Waals surface area contributed by atoms with Crippen molar-refractivity contribution in [2.24, 2.45) is 4.99 Å². The predicted octanol–water partition coefficient (Wildman–Crippen LogP) is 6.47. The monoisotopic (exact) mass is 718 g/mol. The van der Waals surface area contributed by atoms with E-state index in [9.17, 15) is 13.2 Å². The Balaban J connectivity index is 1.45. The van der Waals surface area contributed by atoms with Crippen molar-refractivity contribution in [3.05, 3.63) is 130 Å². The number of halogens is 1. The smallest absolute Gasteiger partial charge is 0.252 e. The third-order valence-electron chi connectivity index (χ3n) is 8.08. The van der Waals surface area contributed by atoms with Gasteiger partial charge < -0.3 is 19.9 Å². The van der Waals surface area contributed by atoms with Gasteiger partial charge in [0.15, 0.2) is 21.5 Å². The number of ether oxygens (including phenoxy) is 2. The maximum Gasteiger partial charge on any atom is 0.252 e. The molecule has 47 heavy (non-hydrogen) atoms. The first-order valence-corrected chi connectivity index (χ1v) is 18.2. The van der Waals surface area contributed by atoms with Crippen molar-refractivity contribution >= 4 is 37.6 Å². The molecule has 0 unspecified atom stereocenters. The molecule has 10 heteroatoms. The average Bonchev–Trinajstić information content (AvgIpc) is 3.50. The zero-order chi connectivity index (χ0) is 33.1. The van der Waals surface area contributed by atoms with E-state index in [4.69, 9.17) is 19.6 Å². The molecule has 1 heterocycles. The lowest BCUT2D eigenvalue weighted by Crippen LogP contribution is -2.49. The fourth-order valence-electron chi connectivity index (χ4n) is 5.50. The van der Waals surface area contributed by atoms with Gasteiger partial charge in [0.2, 0.25) is 5.90 Å². The largest absolute Gasteiger partial charge is 0.494 e. The van der Waals surface area contributed by atoms with Gasteiger partial charge in [-0.2, -0.15) is 0 Å². The van der Waals surface area contributed by atoms with E-state index >= 15 is 0 Å². The molecule has 2 atom stereocenters. The van der Waals surface area contributed by atoms with Crippen molar-refractivity contribution in [1.29, 1.82) is 0 Å². The Morgan fingerprint density at radius 2 is 1.57 bits per heavy atom. The molecule has 4 aromatic carbocycles. The number of carbonyl (C=O) groups excluding carboxylic acids is 1. The second-order valence-corrected chi connectivity index (χ2v) is 14.4. The molecule has 246 valence electrons. The normalized spacial score (nSPS) is 17.5. The van der Waals surface area contributed by atoms with E-state index in [-0.39, 0.29) is 35.5 Å². The van der Waals surface area contributed by atoms with E-state index in [1.165, 1.54) is 5.56 Å². The summed E-state index contributed by atoms with van der Waals surface area (Å²) in [5.41, 5.74) is 1.01. The number of hydrogen-bond donors (Lipinski definition) is 2. The van der Waals surface area contributed by atoms with Crippen molar-refractivity contribution in [2.45, 2.75) is 48.6 Å². The Bertz CT molecular complexity index is 1730. The van der Waals surface area contributed by atoms with Crippen LogP contribution in [0.5, 0.6) is 5.75 Å². The number of aliphatic hydroxyl groups is 1. The molecule has 8 nitrogen and oxygen atoms in total. The van der Waals surface area contributed by atoms with Crippen LogP contribution in [-0.2, 0) is 25.8 Å². The first-order valence-electron chi connectivity index (χ1n) is 15.8. The van der Waals surface area contributed by atoms with Gasteiger partial charge in [0.05, 0.1) is 17.3 Å². The number of aliphatic imine (C=N–C) groups is 1. The maximum absolute atomic E-state index is 14.3. The van der Waals surface area contributed by atoms with Gasteiger partial charge in [0.1, 0.15) is 5.75 Å². The molecule has 2 N–H and O–H groups in total. The van der Waals surface area contributed by atoms with E-state index in [1.807, 2.05) is 42.5 Å². The van der Waals surface area contributed by atoms with Gasteiger partial charge in [-0.05, 0) is 78.9 Å². The van der Waals surface area contributed by atoms with E-state index in [0.717, 1.165) is 23.7 Å². The molecule has 1 aliphatic rings. The number of carbonyl (C=O) groups is 1. The third-order valence-corrected chi connectivity index (χ3v) is 10.3. The van der Waals surface area contributed by atoms with Gasteiger partial charge in [0, 0.05) is 36.0 Å². The third kappa shape index (κ3) is 8.88. The number of amides is 1. The first kappa shape index (κ1) is 34.3. The molecule has 0 saturated heterocycles. The molecule has 1 aliphatic heterocycles. The van der Waals surface area contributed by atoms with Gasteiger partial charge in [-0.1, -0.05) is 76.6 Å². The molecule has 0 fully saturated rings. The topological polar surface area (TPSA) is 114 Å². The minimum atomic E-state index is -3.74. The summed E-state index contributed by atoms with van der Waals surface area (Å²) in [6, 6.07) is 33.0. The zero-order valence-corrected chi connectivity index (χ0v) is 28.5. The second kappa shape index (κ2) is 16.2. The molecule has 0 aromatic heterocycles. The van der Waals surface area contributed by atoms with Gasteiger partial charge in [-0.15, -0.1) is 0 Å². The van der Waals surface area contributed by atoms with Crippen LogP contribution in [0.25, 0.3) is 0 Å². The van der Waals surface area contributed by atoms with Crippen molar-refractivity contribution < 1.29 is 27.8 Å². The number of unbranched alkanes of at least 4 members (excludes halogenated alkanes) is 1. The number of aliphatic hydroxyl groups excluding tert-OH is 1. The van der Waals surface area contributed by atoms with E-state index < -0.39 is 21.5 Å². The highest BCUT2D eigenvalue weighted by molar-refractivity contribution is 9.10. The summed E-state index contributed by atoms with van der Waals surface area (Å²) in [4.78, 5) is 19.5. The Hall–Kier alpha value is -3.99. The molecule has 0 bridgehead atoms. The fraction of sp³-hybridized carbons (Fsp3) is 0.297. The minimum absolute atomic E-state index is 0.0390. The second-order valence-electron chi connectivity index (χ2n) is 11.4. The van der Waals surface area contributed by atoms with Crippen LogP contribution >= 0.6 is 15.9 Å². The summed E-state index contributed by atoms with van der Waals surface area (Å²) in [7, 11) is -3.74. The lowest BCUT2D eigenvalue weighted by atomic mass is 9.85. The van der Waals surface area contributed by atoms with Crippen molar-refractivity contribution in [2.75, 3.05) is 25.5 Å². The van der Waals surface area contributed by atoms with E-state index in [1.54, 1.807) is 54.6 Å². The molecule has 5 rings (SSSR count). The van der Waals surface area contributed by atoms with E-state index in [0.29, 0.717) is 36.4 Å². The first-order chi connectivity index (χ1) is 22.8. The van der Waals surface area contributed by atoms with Crippen LogP contribution < -0.4 is 10.1 Å². The number of hydrogen-bond acceptors (Lipinski definition) is 7. The molecule has 0 aliphatic carbocycles. The summed E-state index contributed by atoms with van der Waals surface area (Å²) >= 11 is 3.48. The van der Waals surface area contributed by atoms with Gasteiger partial charge in [-0.25, -0.2) is 13.4 Å². The highest BCUT2D eigenvalue weighted by atomic mass is 79.9. The van der Waals surface area contributed by atoms with Crippen LogP contribution in [0.15, 0.2) is 124 Å². The molecule has 1 amide bonds. The Labute approximate surface area is 284 Å². The molecule has 0 spiro atoms. The van der Waals surface area contributed by atoms with E-state index in [2.05, 4.69) is 33.4 Å². The average molecular weight is 720 g/mol. The number of sulfone groups is 1. The van der Waals surface area contributed by atoms with Crippen molar-refractivity contribution in [3.8, 4) is 5.75 Å². The molecule has 0 radical (unpaired) electrons. The Kier molecular flexibility index (Phi) is 11.8. The van der Waals surface area contributed by atoms with Crippen LogP contribution in [0, 0.1) is 0 Å². The van der Waals surface area contributed by atoms with Crippen LogP contribution in [0.2, 0.25) is 0 Å². The predicted molar refractivity (Wildman–Crippen MR) is 186 cm³/mol. The summed E-state index contributed by atoms with van der Waals surface area (Å²) < 4.78 is 40.1. The van der Waals surface area contributed by atoms with Crippen molar-refractivity contribution in [1.82, 2.24) is 5.32 Å². The quantitative estimate of drug-likeness (QED) is 0.128. The number of nitrogens with one attached hydrogen (secondary N) is 1. The Morgan fingerprint density at radius 1 is 0.894 bits per heavy atom. The van der Waals surface area contributed by atoms with Gasteiger partial charge in [0.25, 0.3) is 5.91 Å². The lowest BCUT2D eigenvalue weighted by Gasteiger charge is -2.30. The molecule has 0 saturated carbocycles. The van der Waals surface area contributed by atoms with Crippen LogP contribution in [0.1, 0.15) is 48.5 Å². The summed E-state index contributed by atoms with van der Waals surface area (Å²) in [6.45, 7) is 0.831. The molecule has 4 aromatic rings. The SMILES string of the molecule is O=C(NCCCCc1ccccc1)[C@]1(CCS(=O)(=O)c2ccccc2)N=C(c2ccc(OCCCO)cc2)O[C@@H]1c1ccc(Br)cc1. The fourth-order valence-corrected chi connectivity index (χ4v) is 7.15. The highest BCUT2D eigenvalue weighted by Gasteiger charge is 2.53. The number of aryl methyl sites for hydroxylation is 1. The summed E-state index contributed by atoms with van der Waals surface area (Å²) in [5, 5.41) is 12.1. The number of benzene rings is 4. The number of nitrogens with zero attached hydrogens (tertiary/aromatic N) is 1. The maximum atomic E-state index is 14.3. The van der Waals surface area contributed by atoms with Crippen LogP contribution in [-0.4, -0.2) is 56.4 Å². The summed E-state index contributed by atoms with van der Waals surface area (Å²) in [6.07, 6.45) is 2.07. The number of rotatable bonds is 16. The van der Waals surface area contributed by atoms with Crippen molar-refractivity contribution in [3.63, 3.8) is 0 Å². The Morgan fingerprint density at radius 3 is 2.26 bits per heavy atom. The summed E-state index contributed by atoms with van der Waals surface area (Å²) in [5.74, 6) is 0.186. The van der Waals surface area contributed by atoms with Crippen LogP contribution in [0.3, 0.4) is 0 Å². The molecular formula is C37H39BrN2O6S. The van der Waals surface area contributed by atoms with Gasteiger partial charge in [-0.3, -0.25) is 4.79 Å². The lowest BCUT2D eigenvalue weighted by molar-refractivity contribution is -0.129. The zero-order valence-electron chi connectivity index (χ0n) is 26.1. The minimum Gasteiger partial charge on any atom is -0.494 e. The van der Waals surface area contributed by atoms with Crippen LogP contribution in [0.4, 0.5) is 0 Å². The highest BCUT2D eigenvalue weighted by Crippen LogP contribution is 2.43. The van der Waals surface area contributed by atoms with Gasteiger partial charge >= 0.3 is 0 Å². The standard InChI is InChI=1S/C37H39BrN2O6S/c38-31-19-15-29(16-20-31)34-37(23-27-47(43,44)33-13-5-2-6-14-33,36(42)39-24-8-7-12-28-10-3-1-4-11-28)40-35(46-34)30-17-21-32(22-18-30)45-26-9-25-41/h1-6,10-11,13-22,34,41H,7-9,12,23-27H2,(H,39,42)/t34-,37-/m1/s1.